The molecule has 0 bridgehead atoms. The van der Waals surface area contributed by atoms with Gasteiger partial charge in [-0.05, 0) is 30.5 Å². The molecule has 1 heterocycles. The zero-order valence-corrected chi connectivity index (χ0v) is 10.5. The molecule has 0 spiro atoms. The molecule has 0 saturated carbocycles. The fourth-order valence-electron chi connectivity index (χ4n) is 2.05. The van der Waals surface area contributed by atoms with Crippen molar-refractivity contribution >= 4 is 0 Å². The Morgan fingerprint density at radius 3 is 2.69 bits per heavy atom. The summed E-state index contributed by atoms with van der Waals surface area (Å²) < 4.78 is 5.24. The van der Waals surface area contributed by atoms with Gasteiger partial charge in [0.05, 0.1) is 13.2 Å². The first-order chi connectivity index (χ1) is 7.61. The molecule has 1 aliphatic heterocycles. The maximum absolute atomic E-state index is 5.24. The minimum Gasteiger partial charge on any atom is -0.380 e. The number of hydrogen-bond donors (Lipinski definition) is 1. The lowest BCUT2D eigenvalue weighted by Gasteiger charge is -2.38. The van der Waals surface area contributed by atoms with E-state index in [9.17, 15) is 0 Å². The van der Waals surface area contributed by atoms with E-state index >= 15 is 0 Å². The van der Waals surface area contributed by atoms with Gasteiger partial charge in [0, 0.05) is 18.5 Å². The van der Waals surface area contributed by atoms with Crippen LogP contribution in [0.25, 0.3) is 0 Å². The Hall–Kier alpha value is -0.860. The van der Waals surface area contributed by atoms with E-state index in [-0.39, 0.29) is 0 Å². The molecule has 2 heteroatoms. The van der Waals surface area contributed by atoms with Crippen LogP contribution in [0.2, 0.25) is 0 Å². The smallest absolute Gasteiger partial charge is 0.0554 e. The topological polar surface area (TPSA) is 21.3 Å². The molecular formula is C14H21NO. The quantitative estimate of drug-likeness (QED) is 0.839. The molecule has 1 N–H and O–H groups in total. The molecular weight excluding hydrogens is 198 g/mol. The minimum atomic E-state index is 0.359. The van der Waals surface area contributed by atoms with E-state index in [0.29, 0.717) is 5.41 Å². The van der Waals surface area contributed by atoms with Crippen molar-refractivity contribution in [2.75, 3.05) is 19.8 Å². The fraction of sp³-hybridized carbons (Fsp3) is 0.571. The average molecular weight is 219 g/mol. The molecule has 1 fully saturated rings. The predicted molar refractivity (Wildman–Crippen MR) is 66.5 cm³/mol. The highest BCUT2D eigenvalue weighted by molar-refractivity contribution is 5.32. The molecule has 0 atom stereocenters. The maximum atomic E-state index is 5.24. The van der Waals surface area contributed by atoms with Crippen molar-refractivity contribution in [3.63, 3.8) is 0 Å². The van der Waals surface area contributed by atoms with Crippen LogP contribution in [0.4, 0.5) is 0 Å². The van der Waals surface area contributed by atoms with E-state index in [4.69, 9.17) is 4.74 Å². The second-order valence-corrected chi connectivity index (χ2v) is 5.27. The van der Waals surface area contributed by atoms with Gasteiger partial charge < -0.3 is 10.1 Å². The number of nitrogens with one attached hydrogen (secondary N) is 1. The van der Waals surface area contributed by atoms with Gasteiger partial charge in [-0.1, -0.05) is 25.1 Å². The lowest BCUT2D eigenvalue weighted by Crippen LogP contribution is -2.47. The zero-order valence-electron chi connectivity index (χ0n) is 10.5. The number of aryl methyl sites for hydroxylation is 1. The Morgan fingerprint density at radius 1 is 1.31 bits per heavy atom. The van der Waals surface area contributed by atoms with Crippen molar-refractivity contribution in [1.82, 2.24) is 5.32 Å². The third-order valence-corrected chi connectivity index (χ3v) is 3.49. The summed E-state index contributed by atoms with van der Waals surface area (Å²) in [4.78, 5) is 0. The van der Waals surface area contributed by atoms with Crippen LogP contribution in [0.1, 0.15) is 23.6 Å². The molecule has 0 radical (unpaired) electrons. The lowest BCUT2D eigenvalue weighted by atomic mass is 9.88. The molecule has 1 aromatic rings. The van der Waals surface area contributed by atoms with Crippen LogP contribution in [0, 0.1) is 19.3 Å². The summed E-state index contributed by atoms with van der Waals surface area (Å²) in [5.41, 5.74) is 4.55. The van der Waals surface area contributed by atoms with E-state index in [1.165, 1.54) is 16.7 Å². The summed E-state index contributed by atoms with van der Waals surface area (Å²) in [6, 6.07) is 6.50. The Morgan fingerprint density at radius 2 is 2.06 bits per heavy atom. The SMILES string of the molecule is Cc1cccc(CNCC2(C)COC2)c1C. The van der Waals surface area contributed by atoms with Crippen molar-refractivity contribution in [1.29, 1.82) is 0 Å². The molecule has 1 aromatic carbocycles. The Kier molecular flexibility index (Phi) is 3.31. The molecule has 16 heavy (non-hydrogen) atoms. The highest BCUT2D eigenvalue weighted by atomic mass is 16.5. The first-order valence-corrected chi connectivity index (χ1v) is 5.94. The maximum Gasteiger partial charge on any atom is 0.0554 e. The molecule has 88 valence electrons. The summed E-state index contributed by atoms with van der Waals surface area (Å²) in [5, 5.41) is 3.53. The molecule has 1 aliphatic rings. The molecule has 2 rings (SSSR count). The number of benzene rings is 1. The van der Waals surface area contributed by atoms with Crippen molar-refractivity contribution in [2.24, 2.45) is 5.41 Å². The highest BCUT2D eigenvalue weighted by Crippen LogP contribution is 2.25. The number of ether oxygens (including phenoxy) is 1. The van der Waals surface area contributed by atoms with Gasteiger partial charge in [0.1, 0.15) is 0 Å². The summed E-state index contributed by atoms with van der Waals surface area (Å²) in [5.74, 6) is 0. The van der Waals surface area contributed by atoms with Gasteiger partial charge in [-0.15, -0.1) is 0 Å². The Bertz CT molecular complexity index is 369. The van der Waals surface area contributed by atoms with Crippen LogP contribution in [0.3, 0.4) is 0 Å². The largest absolute Gasteiger partial charge is 0.380 e. The molecule has 0 unspecified atom stereocenters. The highest BCUT2D eigenvalue weighted by Gasteiger charge is 2.32. The summed E-state index contributed by atoms with van der Waals surface area (Å²) in [6.07, 6.45) is 0. The van der Waals surface area contributed by atoms with Crippen molar-refractivity contribution < 1.29 is 4.74 Å². The van der Waals surface area contributed by atoms with Crippen LogP contribution in [0.15, 0.2) is 18.2 Å². The van der Waals surface area contributed by atoms with E-state index in [0.717, 1.165) is 26.3 Å². The monoisotopic (exact) mass is 219 g/mol. The molecule has 2 nitrogen and oxygen atoms in total. The van der Waals surface area contributed by atoms with Crippen LogP contribution < -0.4 is 5.32 Å². The van der Waals surface area contributed by atoms with Crippen LogP contribution >= 0.6 is 0 Å². The van der Waals surface area contributed by atoms with Crippen LogP contribution in [-0.2, 0) is 11.3 Å². The Labute approximate surface area is 98.0 Å². The number of hydrogen-bond acceptors (Lipinski definition) is 2. The van der Waals surface area contributed by atoms with Crippen molar-refractivity contribution in [2.45, 2.75) is 27.3 Å². The normalized spacial score (nSPS) is 18.2. The minimum absolute atomic E-state index is 0.359. The standard InChI is InChI=1S/C14H21NO/c1-11-5-4-6-13(12(11)2)7-15-8-14(3)9-16-10-14/h4-6,15H,7-10H2,1-3H3. The van der Waals surface area contributed by atoms with Gasteiger partial charge in [0.2, 0.25) is 0 Å². The first kappa shape index (κ1) is 11.6. The number of rotatable bonds is 4. The van der Waals surface area contributed by atoms with Gasteiger partial charge in [-0.3, -0.25) is 0 Å². The third kappa shape index (κ3) is 2.45. The molecule has 0 amide bonds. The van der Waals surface area contributed by atoms with Crippen molar-refractivity contribution in [3.8, 4) is 0 Å². The second kappa shape index (κ2) is 4.56. The van der Waals surface area contributed by atoms with Gasteiger partial charge in [-0.25, -0.2) is 0 Å². The third-order valence-electron chi connectivity index (χ3n) is 3.49. The van der Waals surface area contributed by atoms with Gasteiger partial charge in [0.25, 0.3) is 0 Å². The van der Waals surface area contributed by atoms with Gasteiger partial charge in [-0.2, -0.15) is 0 Å². The van der Waals surface area contributed by atoms with Crippen LogP contribution in [0.5, 0.6) is 0 Å². The predicted octanol–water partition coefficient (Wildman–Crippen LogP) is 2.43. The van der Waals surface area contributed by atoms with E-state index in [1.807, 2.05) is 0 Å². The van der Waals surface area contributed by atoms with Gasteiger partial charge >= 0.3 is 0 Å². The molecule has 0 aromatic heterocycles. The summed E-state index contributed by atoms with van der Waals surface area (Å²) >= 11 is 0. The summed E-state index contributed by atoms with van der Waals surface area (Å²) in [6.45, 7) is 10.4. The Balaban J connectivity index is 1.87. The second-order valence-electron chi connectivity index (χ2n) is 5.27. The fourth-order valence-corrected chi connectivity index (χ4v) is 2.05. The van der Waals surface area contributed by atoms with E-state index in [1.54, 1.807) is 0 Å². The molecule has 1 saturated heterocycles. The zero-order chi connectivity index (χ0) is 11.6. The van der Waals surface area contributed by atoms with Crippen molar-refractivity contribution in [3.05, 3.63) is 34.9 Å². The van der Waals surface area contributed by atoms with E-state index < -0.39 is 0 Å². The van der Waals surface area contributed by atoms with Crippen LogP contribution in [-0.4, -0.2) is 19.8 Å². The van der Waals surface area contributed by atoms with E-state index in [2.05, 4.69) is 44.3 Å². The molecule has 0 aliphatic carbocycles. The average Bonchev–Trinajstić information content (AvgIpc) is 2.22. The lowest BCUT2D eigenvalue weighted by molar-refractivity contribution is -0.0991. The first-order valence-electron chi connectivity index (χ1n) is 5.94. The van der Waals surface area contributed by atoms with Gasteiger partial charge in [0.15, 0.2) is 0 Å². The summed E-state index contributed by atoms with van der Waals surface area (Å²) in [7, 11) is 0.